The topological polar surface area (TPSA) is 91.3 Å². The number of piperidine rings is 1. The van der Waals surface area contributed by atoms with Crippen molar-refractivity contribution in [2.24, 2.45) is 5.92 Å². The Hall–Kier alpha value is -2.62. The van der Waals surface area contributed by atoms with E-state index in [1.165, 1.54) is 6.07 Å². The van der Waals surface area contributed by atoms with Gasteiger partial charge in [-0.05, 0) is 81.8 Å². The summed E-state index contributed by atoms with van der Waals surface area (Å²) in [4.78, 5) is 25.9. The smallest absolute Gasteiger partial charge is 0.392 e. The number of aromatic amines is 1. The number of carboxylic acid groups (broad SMARTS) is 1. The van der Waals surface area contributed by atoms with Gasteiger partial charge in [-0.15, -0.1) is 0 Å². The highest BCUT2D eigenvalue weighted by Gasteiger charge is 2.47. The summed E-state index contributed by atoms with van der Waals surface area (Å²) in [6.07, 6.45) is 5.45. The summed E-state index contributed by atoms with van der Waals surface area (Å²) in [5.41, 5.74) is 3.46. The number of carboxylic acids is 1. The van der Waals surface area contributed by atoms with Crippen molar-refractivity contribution >= 4 is 11.9 Å². The van der Waals surface area contributed by atoms with Crippen LogP contribution < -0.4 is 4.90 Å². The third kappa shape index (κ3) is 4.92. The van der Waals surface area contributed by atoms with Gasteiger partial charge in [0.25, 0.3) is 0 Å². The van der Waals surface area contributed by atoms with Crippen molar-refractivity contribution in [1.82, 2.24) is 15.0 Å². The molecule has 0 radical (unpaired) electrons. The molecule has 4 atom stereocenters. The summed E-state index contributed by atoms with van der Waals surface area (Å²) in [5.74, 6) is -2.00. The van der Waals surface area contributed by atoms with Gasteiger partial charge in [0, 0.05) is 35.2 Å². The first-order valence-corrected chi connectivity index (χ1v) is 13.9. The third-order valence-electron chi connectivity index (χ3n) is 9.07. The van der Waals surface area contributed by atoms with Gasteiger partial charge in [0.1, 0.15) is 0 Å². The minimum absolute atomic E-state index is 0.00209. The lowest BCUT2D eigenvalue weighted by Crippen LogP contribution is -2.46. The molecule has 206 valence electrons. The molecule has 6 rings (SSSR count). The number of rotatable bonds is 7. The van der Waals surface area contributed by atoms with Gasteiger partial charge in [-0.25, -0.2) is 14.8 Å². The zero-order chi connectivity index (χ0) is 26.6. The van der Waals surface area contributed by atoms with E-state index in [-0.39, 0.29) is 30.3 Å². The highest BCUT2D eigenvalue weighted by Crippen LogP contribution is 2.50. The van der Waals surface area contributed by atoms with Crippen molar-refractivity contribution in [3.05, 3.63) is 40.5 Å². The number of ether oxygens (including phenoxy) is 1. The lowest BCUT2D eigenvalue weighted by atomic mass is 9.74. The van der Waals surface area contributed by atoms with Crippen molar-refractivity contribution in [2.75, 3.05) is 4.90 Å². The van der Waals surface area contributed by atoms with Gasteiger partial charge < -0.3 is 19.7 Å². The van der Waals surface area contributed by atoms with Crippen LogP contribution in [0.25, 0.3) is 0 Å². The van der Waals surface area contributed by atoms with Crippen LogP contribution in [0.5, 0.6) is 0 Å². The maximum absolute atomic E-state index is 13.9. The molecule has 0 spiro atoms. The van der Waals surface area contributed by atoms with Crippen molar-refractivity contribution in [3.8, 4) is 0 Å². The van der Waals surface area contributed by atoms with Gasteiger partial charge in [-0.1, -0.05) is 12.8 Å². The molecule has 10 heteroatoms. The van der Waals surface area contributed by atoms with E-state index in [1.54, 1.807) is 6.92 Å². The molecule has 2 saturated heterocycles. The van der Waals surface area contributed by atoms with Gasteiger partial charge in [-0.3, -0.25) is 0 Å². The minimum atomic E-state index is -4.19. The lowest BCUT2D eigenvalue weighted by Gasteiger charge is -2.39. The van der Waals surface area contributed by atoms with Crippen LogP contribution in [-0.4, -0.2) is 50.4 Å². The predicted molar refractivity (Wildman–Crippen MR) is 134 cm³/mol. The number of H-pyrrole nitrogens is 1. The number of hydrogen-bond acceptors (Lipinski definition) is 5. The van der Waals surface area contributed by atoms with Crippen molar-refractivity contribution in [1.29, 1.82) is 0 Å². The van der Waals surface area contributed by atoms with Gasteiger partial charge >= 0.3 is 12.1 Å². The average Bonchev–Trinajstić information content (AvgIpc) is 3.57. The van der Waals surface area contributed by atoms with Crippen LogP contribution in [0.1, 0.15) is 109 Å². The van der Waals surface area contributed by atoms with E-state index in [0.717, 1.165) is 61.8 Å². The third-order valence-corrected chi connectivity index (χ3v) is 9.07. The molecule has 4 fully saturated rings. The Labute approximate surface area is 220 Å². The number of aromatic carboxylic acids is 1. The summed E-state index contributed by atoms with van der Waals surface area (Å²) < 4.78 is 48.3. The van der Waals surface area contributed by atoms with Gasteiger partial charge in [0.2, 0.25) is 5.95 Å². The predicted octanol–water partition coefficient (Wildman–Crippen LogP) is 6.24. The number of nitrogens with zero attached hydrogens (tertiary/aromatic N) is 3. The Kier molecular flexibility index (Phi) is 6.64. The molecule has 2 aromatic rings. The monoisotopic (exact) mass is 532 g/mol. The van der Waals surface area contributed by atoms with E-state index < -0.39 is 24.0 Å². The zero-order valence-corrected chi connectivity index (χ0v) is 21.6. The van der Waals surface area contributed by atoms with Crippen LogP contribution in [0.4, 0.5) is 19.1 Å². The summed E-state index contributed by atoms with van der Waals surface area (Å²) in [5, 5.41) is 9.43. The van der Waals surface area contributed by atoms with Crippen LogP contribution in [0.2, 0.25) is 0 Å². The molecule has 2 N–H and O–H groups in total. The van der Waals surface area contributed by atoms with Gasteiger partial charge in [0.15, 0.2) is 5.69 Å². The Balaban J connectivity index is 1.19. The SMILES string of the molecule is Cc1cc(C(=O)O)nc(N2C3CCC2CC(OCc2c(C4CCCCC4C(F)(F)F)c[nH]c2C2CC2)C3)n1. The molecular formula is C28H35F3N4O3. The normalized spacial score (nSPS) is 29.6. The van der Waals surface area contributed by atoms with E-state index in [4.69, 9.17) is 4.74 Å². The first-order chi connectivity index (χ1) is 18.2. The standard InChI is InChI=1S/C28H35F3N4O3/c1-15-10-24(26(36)37)34-27(33-15)35-17-8-9-18(35)12-19(11-17)38-14-22-21(13-32-25(22)16-6-7-16)20-4-2-3-5-23(20)28(29,30)31/h10,13,16-20,23,32H,2-9,11-12,14H2,1H3,(H,36,37). The van der Waals surface area contributed by atoms with Gasteiger partial charge in [-0.2, -0.15) is 13.2 Å². The molecule has 2 aliphatic heterocycles. The second kappa shape index (κ2) is 9.84. The quantitative estimate of drug-likeness (QED) is 0.439. The number of carbonyl (C=O) groups is 1. The molecule has 2 bridgehead atoms. The second-order valence-electron chi connectivity index (χ2n) is 11.6. The molecule has 2 aliphatic carbocycles. The highest BCUT2D eigenvalue weighted by molar-refractivity contribution is 5.85. The molecule has 0 amide bonds. The summed E-state index contributed by atoms with van der Waals surface area (Å²) in [7, 11) is 0. The van der Waals surface area contributed by atoms with E-state index >= 15 is 0 Å². The number of alkyl halides is 3. The maximum Gasteiger partial charge on any atom is 0.392 e. The number of fused-ring (bicyclic) bond motifs is 2. The molecule has 7 nitrogen and oxygen atoms in total. The number of anilines is 1. The fraction of sp³-hybridized carbons (Fsp3) is 0.679. The Morgan fingerprint density at radius 2 is 1.82 bits per heavy atom. The van der Waals surface area contributed by atoms with E-state index in [9.17, 15) is 23.1 Å². The molecule has 2 aromatic heterocycles. The fourth-order valence-corrected chi connectivity index (χ4v) is 7.18. The van der Waals surface area contributed by atoms with Crippen molar-refractivity contribution in [3.63, 3.8) is 0 Å². The first kappa shape index (κ1) is 25.6. The molecule has 0 aromatic carbocycles. The Morgan fingerprint density at radius 1 is 1.11 bits per heavy atom. The molecule has 4 aliphatic rings. The summed E-state index contributed by atoms with van der Waals surface area (Å²) in [6, 6.07) is 1.79. The molecular weight excluding hydrogens is 497 g/mol. The number of nitrogens with one attached hydrogen (secondary N) is 1. The largest absolute Gasteiger partial charge is 0.477 e. The average molecular weight is 533 g/mol. The first-order valence-electron chi connectivity index (χ1n) is 13.9. The van der Waals surface area contributed by atoms with E-state index in [0.29, 0.717) is 37.0 Å². The number of aromatic nitrogens is 3. The second-order valence-corrected chi connectivity index (χ2v) is 11.6. The maximum atomic E-state index is 13.9. The van der Waals surface area contributed by atoms with Crippen LogP contribution in [0.3, 0.4) is 0 Å². The van der Waals surface area contributed by atoms with Crippen LogP contribution in [0, 0.1) is 12.8 Å². The van der Waals surface area contributed by atoms with Crippen LogP contribution >= 0.6 is 0 Å². The number of aryl methyl sites for hydroxylation is 1. The molecule has 2 saturated carbocycles. The highest BCUT2D eigenvalue weighted by atomic mass is 19.4. The Morgan fingerprint density at radius 3 is 2.47 bits per heavy atom. The van der Waals surface area contributed by atoms with Crippen molar-refractivity contribution < 1.29 is 27.8 Å². The molecule has 38 heavy (non-hydrogen) atoms. The fourth-order valence-electron chi connectivity index (χ4n) is 7.18. The van der Waals surface area contributed by atoms with E-state index in [1.807, 2.05) is 6.20 Å². The summed E-state index contributed by atoms with van der Waals surface area (Å²) >= 11 is 0. The number of halogens is 3. The van der Waals surface area contributed by atoms with Crippen molar-refractivity contribution in [2.45, 2.75) is 114 Å². The number of hydrogen-bond donors (Lipinski definition) is 2. The van der Waals surface area contributed by atoms with Gasteiger partial charge in [0.05, 0.1) is 18.6 Å². The van der Waals surface area contributed by atoms with E-state index in [2.05, 4.69) is 19.9 Å². The Bertz CT molecular complexity index is 1180. The molecule has 4 heterocycles. The molecule has 4 unspecified atom stereocenters. The van der Waals surface area contributed by atoms with Crippen LogP contribution in [-0.2, 0) is 11.3 Å². The minimum Gasteiger partial charge on any atom is -0.477 e. The zero-order valence-electron chi connectivity index (χ0n) is 21.6. The lowest BCUT2D eigenvalue weighted by molar-refractivity contribution is -0.187. The summed E-state index contributed by atoms with van der Waals surface area (Å²) in [6.45, 7) is 2.11. The van der Waals surface area contributed by atoms with Crippen LogP contribution in [0.15, 0.2) is 12.3 Å².